The number of hydrogen-bond donors (Lipinski definition) is 1. The summed E-state index contributed by atoms with van der Waals surface area (Å²) in [6, 6.07) is 1.27. The summed E-state index contributed by atoms with van der Waals surface area (Å²) in [7, 11) is 0. The normalized spacial score (nSPS) is 18.3. The number of carbonyl (C=O) groups excluding carboxylic acids is 1. The minimum absolute atomic E-state index is 0.00665. The van der Waals surface area contributed by atoms with Gasteiger partial charge in [-0.3, -0.25) is 14.9 Å². The molecule has 114 valence electrons. The second-order valence-electron chi connectivity index (χ2n) is 4.88. The van der Waals surface area contributed by atoms with E-state index in [1.807, 2.05) is 6.92 Å². The van der Waals surface area contributed by atoms with Crippen LogP contribution < -0.4 is 5.32 Å². The highest BCUT2D eigenvalue weighted by molar-refractivity contribution is 6.32. The van der Waals surface area contributed by atoms with E-state index >= 15 is 0 Å². The Morgan fingerprint density at radius 1 is 1.67 bits per heavy atom. The van der Waals surface area contributed by atoms with Gasteiger partial charge in [0.05, 0.1) is 10.5 Å². The lowest BCUT2D eigenvalue weighted by molar-refractivity contribution is -0.385. The molecule has 21 heavy (non-hydrogen) atoms. The Labute approximate surface area is 127 Å². The van der Waals surface area contributed by atoms with Crippen LogP contribution >= 0.6 is 11.6 Å². The van der Waals surface area contributed by atoms with Gasteiger partial charge in [-0.2, -0.15) is 0 Å². The molecular weight excluding hydrogens is 296 g/mol. The number of pyridine rings is 1. The minimum Gasteiger partial charge on any atom is -0.335 e. The molecule has 1 amide bonds. The summed E-state index contributed by atoms with van der Waals surface area (Å²) < 4.78 is 0. The molecule has 1 aromatic heterocycles. The Bertz CT molecular complexity index is 546. The highest BCUT2D eigenvalue weighted by atomic mass is 35.5. The first kappa shape index (κ1) is 15.7. The smallest absolute Gasteiger partial charge is 0.288 e. The summed E-state index contributed by atoms with van der Waals surface area (Å²) in [5.41, 5.74) is -0.154. The summed E-state index contributed by atoms with van der Waals surface area (Å²) in [5, 5.41) is 14.1. The predicted molar refractivity (Wildman–Crippen MR) is 78.5 cm³/mol. The van der Waals surface area contributed by atoms with E-state index in [1.54, 1.807) is 4.90 Å². The van der Waals surface area contributed by atoms with Crippen molar-refractivity contribution in [3.05, 3.63) is 33.1 Å². The molecule has 0 aliphatic carbocycles. The Morgan fingerprint density at radius 3 is 3.00 bits per heavy atom. The number of nitrogens with zero attached hydrogens (tertiary/aromatic N) is 3. The number of aromatic nitrogens is 1. The molecule has 1 atom stereocenters. The van der Waals surface area contributed by atoms with Crippen molar-refractivity contribution in [1.82, 2.24) is 15.2 Å². The summed E-state index contributed by atoms with van der Waals surface area (Å²) >= 11 is 5.94. The van der Waals surface area contributed by atoms with E-state index in [1.165, 1.54) is 6.07 Å². The highest BCUT2D eigenvalue weighted by Gasteiger charge is 2.27. The summed E-state index contributed by atoms with van der Waals surface area (Å²) in [4.78, 5) is 28.3. The third kappa shape index (κ3) is 3.48. The molecule has 0 saturated carbocycles. The zero-order valence-corrected chi connectivity index (χ0v) is 12.5. The average Bonchev–Trinajstić information content (AvgIpc) is 2.49. The van der Waals surface area contributed by atoms with E-state index in [9.17, 15) is 14.9 Å². The molecule has 2 heterocycles. The molecule has 1 aliphatic heterocycles. The maximum Gasteiger partial charge on any atom is 0.288 e. The number of carbonyl (C=O) groups is 1. The number of amides is 1. The molecule has 1 aromatic rings. The van der Waals surface area contributed by atoms with Gasteiger partial charge < -0.3 is 10.2 Å². The van der Waals surface area contributed by atoms with Crippen molar-refractivity contribution in [1.29, 1.82) is 0 Å². The van der Waals surface area contributed by atoms with E-state index in [-0.39, 0.29) is 28.4 Å². The topological polar surface area (TPSA) is 88.4 Å². The number of nitrogens with one attached hydrogen (secondary N) is 1. The van der Waals surface area contributed by atoms with Crippen LogP contribution in [0.5, 0.6) is 0 Å². The van der Waals surface area contributed by atoms with Gasteiger partial charge >= 0.3 is 0 Å². The molecule has 8 heteroatoms. The lowest BCUT2D eigenvalue weighted by Crippen LogP contribution is -2.48. The van der Waals surface area contributed by atoms with Gasteiger partial charge in [0.1, 0.15) is 11.3 Å². The van der Waals surface area contributed by atoms with Crippen LogP contribution in [0.15, 0.2) is 12.3 Å². The van der Waals surface area contributed by atoms with Crippen LogP contribution in [0, 0.1) is 10.1 Å². The fourth-order valence-electron chi connectivity index (χ4n) is 2.51. The van der Waals surface area contributed by atoms with Crippen molar-refractivity contribution < 1.29 is 9.72 Å². The molecule has 1 unspecified atom stereocenters. The Kier molecular flexibility index (Phi) is 5.08. The molecule has 1 fully saturated rings. The van der Waals surface area contributed by atoms with Gasteiger partial charge in [-0.1, -0.05) is 11.6 Å². The quantitative estimate of drug-likeness (QED) is 0.521. The molecule has 7 nitrogen and oxygen atoms in total. The molecule has 0 aromatic carbocycles. The molecular formula is C13H17ClN4O3. The number of halogens is 1. The number of piperidine rings is 1. The molecule has 0 bridgehead atoms. The maximum absolute atomic E-state index is 12.6. The SMILES string of the molecule is CCN(C(=O)c1cc([N+](=O)[O-])cnc1Cl)C1CCCNC1. The molecule has 1 saturated heterocycles. The zero-order valence-electron chi connectivity index (χ0n) is 11.7. The van der Waals surface area contributed by atoms with Crippen molar-refractivity contribution in [2.24, 2.45) is 0 Å². The van der Waals surface area contributed by atoms with Crippen molar-refractivity contribution in [2.45, 2.75) is 25.8 Å². The van der Waals surface area contributed by atoms with Crippen molar-refractivity contribution in [3.8, 4) is 0 Å². The van der Waals surface area contributed by atoms with Gasteiger partial charge in [0.25, 0.3) is 11.6 Å². The van der Waals surface area contributed by atoms with E-state index < -0.39 is 4.92 Å². The van der Waals surface area contributed by atoms with E-state index in [0.29, 0.717) is 6.54 Å². The summed E-state index contributed by atoms with van der Waals surface area (Å²) in [5.74, 6) is -0.313. The van der Waals surface area contributed by atoms with E-state index in [4.69, 9.17) is 11.6 Å². The second kappa shape index (κ2) is 6.82. The van der Waals surface area contributed by atoms with Crippen LogP contribution in [0.1, 0.15) is 30.1 Å². The number of rotatable bonds is 4. The molecule has 1 aliphatic rings. The number of nitro groups is 1. The Balaban J connectivity index is 2.28. The fourth-order valence-corrected chi connectivity index (χ4v) is 2.69. The summed E-state index contributed by atoms with van der Waals surface area (Å²) in [6.45, 7) is 4.07. The Morgan fingerprint density at radius 2 is 2.43 bits per heavy atom. The van der Waals surface area contributed by atoms with Crippen molar-refractivity contribution in [2.75, 3.05) is 19.6 Å². The third-order valence-corrected chi connectivity index (χ3v) is 3.88. The van der Waals surface area contributed by atoms with Crippen LogP contribution in [0.2, 0.25) is 5.15 Å². The van der Waals surface area contributed by atoms with Crippen LogP contribution in [-0.4, -0.2) is 46.4 Å². The van der Waals surface area contributed by atoms with E-state index in [0.717, 1.165) is 32.1 Å². The van der Waals surface area contributed by atoms with Gasteiger partial charge in [0, 0.05) is 25.2 Å². The molecule has 2 rings (SSSR count). The molecule has 1 N–H and O–H groups in total. The monoisotopic (exact) mass is 312 g/mol. The molecule has 0 radical (unpaired) electrons. The molecule has 0 spiro atoms. The standard InChI is InChI=1S/C13H17ClN4O3/c1-2-17(9-4-3-5-15-7-9)13(19)11-6-10(18(20)21)8-16-12(11)14/h6,8-9,15H,2-5,7H2,1H3. The van der Waals surface area contributed by atoms with Crippen LogP contribution in [-0.2, 0) is 0 Å². The van der Waals surface area contributed by atoms with Crippen molar-refractivity contribution in [3.63, 3.8) is 0 Å². The minimum atomic E-state index is -0.585. The maximum atomic E-state index is 12.6. The van der Waals surface area contributed by atoms with Crippen LogP contribution in [0.4, 0.5) is 5.69 Å². The van der Waals surface area contributed by atoms with Crippen molar-refractivity contribution >= 4 is 23.2 Å². The largest absolute Gasteiger partial charge is 0.335 e. The lowest BCUT2D eigenvalue weighted by Gasteiger charge is -2.34. The Hall–Kier alpha value is -1.73. The van der Waals surface area contributed by atoms with E-state index in [2.05, 4.69) is 10.3 Å². The third-order valence-electron chi connectivity index (χ3n) is 3.58. The van der Waals surface area contributed by atoms with Gasteiger partial charge in [0.15, 0.2) is 0 Å². The van der Waals surface area contributed by atoms with Gasteiger partial charge in [-0.05, 0) is 26.3 Å². The van der Waals surface area contributed by atoms with Gasteiger partial charge in [0.2, 0.25) is 0 Å². The number of likely N-dealkylation sites (N-methyl/N-ethyl adjacent to an activating group) is 1. The van der Waals surface area contributed by atoms with Gasteiger partial charge in [-0.15, -0.1) is 0 Å². The first-order valence-electron chi connectivity index (χ1n) is 6.86. The first-order valence-corrected chi connectivity index (χ1v) is 7.24. The first-order chi connectivity index (χ1) is 10.0. The average molecular weight is 313 g/mol. The predicted octanol–water partition coefficient (Wildman–Crippen LogP) is 1.86. The van der Waals surface area contributed by atoms with Crippen LogP contribution in [0.3, 0.4) is 0 Å². The summed E-state index contributed by atoms with van der Waals surface area (Å²) in [6.07, 6.45) is 2.96. The van der Waals surface area contributed by atoms with Crippen LogP contribution in [0.25, 0.3) is 0 Å². The number of hydrogen-bond acceptors (Lipinski definition) is 5. The van der Waals surface area contributed by atoms with Gasteiger partial charge in [-0.25, -0.2) is 4.98 Å². The second-order valence-corrected chi connectivity index (χ2v) is 5.24. The lowest BCUT2D eigenvalue weighted by atomic mass is 10.0. The highest BCUT2D eigenvalue weighted by Crippen LogP contribution is 2.22. The fraction of sp³-hybridized carbons (Fsp3) is 0.538. The zero-order chi connectivity index (χ0) is 15.4.